The summed E-state index contributed by atoms with van der Waals surface area (Å²) in [4.78, 5) is 24.9. The molecular weight excluding hydrogens is 468 g/mol. The van der Waals surface area contributed by atoms with Crippen molar-refractivity contribution in [3.63, 3.8) is 0 Å². The van der Waals surface area contributed by atoms with Gasteiger partial charge >= 0.3 is 5.97 Å². The van der Waals surface area contributed by atoms with Crippen LogP contribution in [0.4, 0.5) is 5.69 Å². The van der Waals surface area contributed by atoms with Gasteiger partial charge in [-0.15, -0.1) is 0 Å². The minimum atomic E-state index is -3.75. The normalized spacial score (nSPS) is 15.2. The third-order valence-electron chi connectivity index (χ3n) is 5.52. The third kappa shape index (κ3) is 5.66. The number of benzene rings is 2. The standard InChI is InChI=1S/C23H27ClN2O6S/c1-4-32-23(28)16-5-7-20(19(24)13-16)25-22(27)18-14-17(6-8-21(18)31-3)33(29,30)26-11-9-15(2)10-12-26/h5-8,13-15H,4,9-12H2,1-3H3,(H,25,27). The number of carbonyl (C=O) groups is 2. The molecule has 2 aromatic carbocycles. The van der Waals surface area contributed by atoms with Gasteiger partial charge in [0.25, 0.3) is 5.91 Å². The van der Waals surface area contributed by atoms with E-state index >= 15 is 0 Å². The Labute approximate surface area is 198 Å². The molecule has 2 aromatic rings. The zero-order valence-corrected chi connectivity index (χ0v) is 20.3. The van der Waals surface area contributed by atoms with Gasteiger partial charge in [-0.25, -0.2) is 13.2 Å². The molecular formula is C23H27ClN2O6S. The first kappa shape index (κ1) is 25.0. The van der Waals surface area contributed by atoms with Gasteiger partial charge in [-0.05, 0) is 62.1 Å². The molecule has 1 saturated heterocycles. The summed E-state index contributed by atoms with van der Waals surface area (Å²) in [6.07, 6.45) is 1.59. The van der Waals surface area contributed by atoms with Gasteiger partial charge in [0, 0.05) is 13.1 Å². The molecule has 0 bridgehead atoms. The number of nitrogens with one attached hydrogen (secondary N) is 1. The van der Waals surface area contributed by atoms with Crippen LogP contribution >= 0.6 is 11.6 Å². The first-order valence-corrected chi connectivity index (χ1v) is 12.4. The van der Waals surface area contributed by atoms with E-state index in [0.29, 0.717) is 19.0 Å². The van der Waals surface area contributed by atoms with Gasteiger partial charge in [0.1, 0.15) is 5.75 Å². The number of nitrogens with zero attached hydrogens (tertiary/aromatic N) is 1. The molecule has 0 aliphatic carbocycles. The zero-order valence-electron chi connectivity index (χ0n) is 18.8. The van der Waals surface area contributed by atoms with Crippen molar-refractivity contribution in [2.24, 2.45) is 5.92 Å². The van der Waals surface area contributed by atoms with Gasteiger partial charge in [0.05, 0.1) is 40.4 Å². The predicted molar refractivity (Wildman–Crippen MR) is 126 cm³/mol. The summed E-state index contributed by atoms with van der Waals surface area (Å²) in [6, 6.07) is 8.56. The van der Waals surface area contributed by atoms with E-state index < -0.39 is 21.9 Å². The van der Waals surface area contributed by atoms with Gasteiger partial charge in [0.15, 0.2) is 0 Å². The molecule has 1 amide bonds. The number of ether oxygens (including phenoxy) is 2. The maximum absolute atomic E-state index is 13.1. The van der Waals surface area contributed by atoms with E-state index in [4.69, 9.17) is 21.1 Å². The third-order valence-corrected chi connectivity index (χ3v) is 7.73. The maximum Gasteiger partial charge on any atom is 0.338 e. The average Bonchev–Trinajstić information content (AvgIpc) is 2.80. The number of sulfonamides is 1. The van der Waals surface area contributed by atoms with Crippen molar-refractivity contribution in [1.82, 2.24) is 4.31 Å². The molecule has 0 atom stereocenters. The summed E-state index contributed by atoms with van der Waals surface area (Å²) in [7, 11) is -2.35. The van der Waals surface area contributed by atoms with E-state index in [9.17, 15) is 18.0 Å². The summed E-state index contributed by atoms with van der Waals surface area (Å²) >= 11 is 6.24. The number of piperidine rings is 1. The molecule has 1 heterocycles. The van der Waals surface area contributed by atoms with Crippen LogP contribution in [0.3, 0.4) is 0 Å². The molecule has 10 heteroatoms. The van der Waals surface area contributed by atoms with Crippen LogP contribution in [0.5, 0.6) is 5.75 Å². The topological polar surface area (TPSA) is 102 Å². The molecule has 0 aromatic heterocycles. The monoisotopic (exact) mass is 494 g/mol. The largest absolute Gasteiger partial charge is 0.496 e. The number of esters is 1. The van der Waals surface area contributed by atoms with E-state index in [1.807, 2.05) is 0 Å². The molecule has 0 saturated carbocycles. The Bertz CT molecular complexity index is 1140. The molecule has 1 aliphatic rings. The number of hydrogen-bond donors (Lipinski definition) is 1. The Balaban J connectivity index is 1.86. The van der Waals surface area contributed by atoms with Crippen LogP contribution in [0.15, 0.2) is 41.3 Å². The minimum Gasteiger partial charge on any atom is -0.496 e. The number of anilines is 1. The van der Waals surface area contributed by atoms with Crippen LogP contribution < -0.4 is 10.1 Å². The summed E-state index contributed by atoms with van der Waals surface area (Å²) < 4.78 is 37.9. The molecule has 8 nitrogen and oxygen atoms in total. The van der Waals surface area contributed by atoms with E-state index in [2.05, 4.69) is 12.2 Å². The summed E-state index contributed by atoms with van der Waals surface area (Å²) in [5.41, 5.74) is 0.561. The Morgan fingerprint density at radius 1 is 1.15 bits per heavy atom. The lowest BCUT2D eigenvalue weighted by Gasteiger charge is -2.29. The quantitative estimate of drug-likeness (QED) is 0.579. The van der Waals surface area contributed by atoms with Crippen LogP contribution in [0.2, 0.25) is 5.02 Å². The van der Waals surface area contributed by atoms with Crippen molar-refractivity contribution in [1.29, 1.82) is 0 Å². The first-order valence-electron chi connectivity index (χ1n) is 10.6. The highest BCUT2D eigenvalue weighted by atomic mass is 35.5. The average molecular weight is 495 g/mol. The fourth-order valence-corrected chi connectivity index (χ4v) is 5.27. The molecule has 1 aliphatic heterocycles. The van der Waals surface area contributed by atoms with Crippen molar-refractivity contribution in [2.45, 2.75) is 31.6 Å². The zero-order chi connectivity index (χ0) is 24.2. The van der Waals surface area contributed by atoms with Gasteiger partial charge in [0.2, 0.25) is 10.0 Å². The number of halogens is 1. The highest BCUT2D eigenvalue weighted by Crippen LogP contribution is 2.29. The lowest BCUT2D eigenvalue weighted by atomic mass is 10.0. The van der Waals surface area contributed by atoms with Crippen LogP contribution in [-0.4, -0.2) is 51.4 Å². The van der Waals surface area contributed by atoms with Crippen molar-refractivity contribution in [3.8, 4) is 5.75 Å². The summed E-state index contributed by atoms with van der Waals surface area (Å²) in [6.45, 7) is 4.91. The second-order valence-corrected chi connectivity index (χ2v) is 10.2. The Kier molecular flexibility index (Phi) is 7.99. The van der Waals surface area contributed by atoms with Crippen LogP contribution in [0, 0.1) is 5.92 Å². The lowest BCUT2D eigenvalue weighted by Crippen LogP contribution is -2.37. The van der Waals surface area contributed by atoms with E-state index in [0.717, 1.165) is 12.8 Å². The SMILES string of the molecule is CCOC(=O)c1ccc(NC(=O)c2cc(S(=O)(=O)N3CCC(C)CC3)ccc2OC)c(Cl)c1. The van der Waals surface area contributed by atoms with Gasteiger partial charge in [-0.1, -0.05) is 18.5 Å². The van der Waals surface area contributed by atoms with E-state index in [1.54, 1.807) is 6.92 Å². The van der Waals surface area contributed by atoms with E-state index in [-0.39, 0.29) is 39.1 Å². The highest BCUT2D eigenvalue weighted by Gasteiger charge is 2.29. The Morgan fingerprint density at radius 3 is 2.45 bits per heavy atom. The predicted octanol–water partition coefficient (Wildman–Crippen LogP) is 4.20. The van der Waals surface area contributed by atoms with Gasteiger partial charge in [-0.2, -0.15) is 4.31 Å². The molecule has 0 spiro atoms. The number of rotatable bonds is 7. The molecule has 33 heavy (non-hydrogen) atoms. The Morgan fingerprint density at radius 2 is 1.85 bits per heavy atom. The fraction of sp³-hybridized carbons (Fsp3) is 0.391. The van der Waals surface area contributed by atoms with Crippen molar-refractivity contribution in [2.75, 3.05) is 32.1 Å². The Hall–Kier alpha value is -2.62. The number of methoxy groups -OCH3 is 1. The maximum atomic E-state index is 13.1. The molecule has 0 unspecified atom stereocenters. The second-order valence-electron chi connectivity index (χ2n) is 7.82. The van der Waals surface area contributed by atoms with Crippen LogP contribution in [0.1, 0.15) is 47.4 Å². The molecule has 0 radical (unpaired) electrons. The molecule has 178 valence electrons. The summed E-state index contributed by atoms with van der Waals surface area (Å²) in [5, 5.41) is 2.79. The van der Waals surface area contributed by atoms with E-state index in [1.165, 1.54) is 47.8 Å². The van der Waals surface area contributed by atoms with Crippen LogP contribution in [-0.2, 0) is 14.8 Å². The fourth-order valence-electron chi connectivity index (χ4n) is 3.55. The van der Waals surface area contributed by atoms with Crippen molar-refractivity contribution < 1.29 is 27.5 Å². The van der Waals surface area contributed by atoms with Crippen molar-refractivity contribution >= 4 is 39.2 Å². The van der Waals surface area contributed by atoms with Gasteiger partial charge < -0.3 is 14.8 Å². The molecule has 1 fully saturated rings. The van der Waals surface area contributed by atoms with Crippen molar-refractivity contribution in [3.05, 3.63) is 52.5 Å². The minimum absolute atomic E-state index is 0.0201. The van der Waals surface area contributed by atoms with Gasteiger partial charge in [-0.3, -0.25) is 4.79 Å². The van der Waals surface area contributed by atoms with Crippen LogP contribution in [0.25, 0.3) is 0 Å². The number of amides is 1. The first-order chi connectivity index (χ1) is 15.7. The molecule has 1 N–H and O–H groups in total. The smallest absolute Gasteiger partial charge is 0.338 e. The highest BCUT2D eigenvalue weighted by molar-refractivity contribution is 7.89. The second kappa shape index (κ2) is 10.5. The number of hydrogen-bond acceptors (Lipinski definition) is 6. The number of carbonyl (C=O) groups excluding carboxylic acids is 2. The molecule has 3 rings (SSSR count). The lowest BCUT2D eigenvalue weighted by molar-refractivity contribution is 0.0526. The summed E-state index contributed by atoms with van der Waals surface area (Å²) in [5.74, 6) is -0.419.